The lowest BCUT2D eigenvalue weighted by molar-refractivity contribution is 0.664. The second-order valence-electron chi connectivity index (χ2n) is 19.8. The highest BCUT2D eigenvalue weighted by Gasteiger charge is 2.23. The first-order valence-electron chi connectivity index (χ1n) is 26.7. The van der Waals surface area contributed by atoms with Crippen molar-refractivity contribution in [3.05, 3.63) is 312 Å². The molecule has 0 aliphatic carbocycles. The van der Waals surface area contributed by atoms with E-state index in [2.05, 4.69) is 190 Å². The van der Waals surface area contributed by atoms with Gasteiger partial charge in [-0.3, -0.25) is 4.99 Å². The van der Waals surface area contributed by atoms with Gasteiger partial charge in [0.05, 0.1) is 51.6 Å². The monoisotopic (exact) mass is 1040 g/mol. The van der Waals surface area contributed by atoms with Gasteiger partial charge in [-0.05, 0) is 172 Å². The van der Waals surface area contributed by atoms with E-state index >= 15 is 0 Å². The number of nitriles is 3. The molecule has 0 amide bonds. The summed E-state index contributed by atoms with van der Waals surface area (Å²) in [5.74, 6) is 0. The van der Waals surface area contributed by atoms with Gasteiger partial charge >= 0.3 is 0 Å². The normalized spacial score (nSPS) is 12.8. The Morgan fingerprint density at radius 3 is 1.36 bits per heavy atom. The summed E-state index contributed by atoms with van der Waals surface area (Å²) in [6.45, 7) is 0. The molecule has 380 valence electrons. The van der Waals surface area contributed by atoms with Crippen LogP contribution in [-0.4, -0.2) is 10.3 Å². The minimum Gasteiger partial charge on any atom is -0.360 e. The topological polar surface area (TPSA) is 107 Å². The van der Waals surface area contributed by atoms with Crippen molar-refractivity contribution in [2.24, 2.45) is 4.99 Å². The van der Waals surface area contributed by atoms with Crippen molar-refractivity contribution in [2.75, 3.05) is 9.80 Å². The Balaban J connectivity index is 0.864. The fraction of sp³-hybridized carbons (Fsp3) is 0.0137. The second-order valence-corrected chi connectivity index (χ2v) is 19.8. The maximum Gasteiger partial charge on any atom is 0.145 e. The smallest absolute Gasteiger partial charge is 0.145 e. The van der Waals surface area contributed by atoms with Crippen LogP contribution in [0, 0.1) is 34.0 Å². The van der Waals surface area contributed by atoms with E-state index in [-0.39, 0.29) is 6.17 Å². The molecule has 1 atom stereocenters. The quantitative estimate of drug-likeness (QED) is 0.131. The lowest BCUT2D eigenvalue weighted by Crippen LogP contribution is -2.24. The molecule has 11 aromatic carbocycles. The first kappa shape index (κ1) is 49.1. The van der Waals surface area contributed by atoms with E-state index in [1.54, 1.807) is 0 Å². The average molecular weight is 1040 g/mol. The molecule has 1 N–H and O–H groups in total. The van der Waals surface area contributed by atoms with E-state index in [0.29, 0.717) is 16.7 Å². The molecule has 8 heteroatoms. The molecule has 0 saturated heterocycles. The van der Waals surface area contributed by atoms with Crippen LogP contribution in [0.4, 0.5) is 34.1 Å². The van der Waals surface area contributed by atoms with Crippen molar-refractivity contribution in [3.63, 3.8) is 0 Å². The maximum absolute atomic E-state index is 10.6. The van der Waals surface area contributed by atoms with Gasteiger partial charge in [-0.15, -0.1) is 0 Å². The van der Waals surface area contributed by atoms with Crippen molar-refractivity contribution in [1.82, 2.24) is 9.88 Å². The number of rotatable bonds is 12. The molecule has 1 aliphatic rings. The Hall–Kier alpha value is -11.5. The van der Waals surface area contributed by atoms with Crippen molar-refractivity contribution < 1.29 is 0 Å². The zero-order valence-corrected chi connectivity index (χ0v) is 43.8. The minimum atomic E-state index is -0.242. The lowest BCUT2D eigenvalue weighted by atomic mass is 9.94. The first-order chi connectivity index (χ1) is 40.0. The van der Waals surface area contributed by atoms with E-state index in [1.165, 1.54) is 0 Å². The highest BCUT2D eigenvalue weighted by Crippen LogP contribution is 2.43. The van der Waals surface area contributed by atoms with Gasteiger partial charge in [-0.1, -0.05) is 146 Å². The molecule has 0 fully saturated rings. The minimum absolute atomic E-state index is 0.242. The zero-order chi connectivity index (χ0) is 54.7. The van der Waals surface area contributed by atoms with Gasteiger partial charge in [-0.25, -0.2) is 0 Å². The molecule has 2 heterocycles. The summed E-state index contributed by atoms with van der Waals surface area (Å²) in [6, 6.07) is 99.8. The summed E-state index contributed by atoms with van der Waals surface area (Å²) < 4.78 is 2.31. The van der Waals surface area contributed by atoms with E-state index < -0.39 is 0 Å². The van der Waals surface area contributed by atoms with Gasteiger partial charge in [0.15, 0.2) is 0 Å². The van der Waals surface area contributed by atoms with Crippen LogP contribution < -0.4 is 15.1 Å². The summed E-state index contributed by atoms with van der Waals surface area (Å²) in [4.78, 5) is 9.53. The maximum atomic E-state index is 10.6. The molecule has 13 rings (SSSR count). The number of fused-ring (bicyclic) bond motifs is 3. The number of anilines is 6. The number of nitrogens with zero attached hydrogens (tertiary/aromatic N) is 7. The number of hydrogen-bond donors (Lipinski definition) is 1. The number of aromatic nitrogens is 1. The number of allylic oxidation sites excluding steroid dienone is 1. The average Bonchev–Trinajstić information content (AvgIpc) is 3.87. The third-order valence-corrected chi connectivity index (χ3v) is 14.9. The SMILES string of the molecule is N#Cc1ccc(N(c2ccccc2)c2ccc3c(c2)c2cc(N(c4ccccc4)c4ccc(C#N)cc4)ccc2n3-c2ccc(-c3ccc(-c4ccc(C5=CC(c6ccccc6)=NC(c6ccccc6)N5)cc4)c(C#N)c3)cc2)cc1. The number of hydrogen-bond acceptors (Lipinski definition) is 7. The van der Waals surface area contributed by atoms with Gasteiger partial charge in [0.25, 0.3) is 0 Å². The molecule has 0 radical (unpaired) electrons. The molecule has 1 aromatic heterocycles. The fourth-order valence-electron chi connectivity index (χ4n) is 10.9. The predicted octanol–water partition coefficient (Wildman–Crippen LogP) is 17.8. The molecule has 12 aromatic rings. The summed E-state index contributed by atoms with van der Waals surface area (Å²) in [5.41, 5.74) is 19.3. The summed E-state index contributed by atoms with van der Waals surface area (Å²) in [7, 11) is 0. The number of aliphatic imine (C=N–C) groups is 1. The zero-order valence-electron chi connectivity index (χ0n) is 43.8. The predicted molar refractivity (Wildman–Crippen MR) is 328 cm³/mol. The van der Waals surface area contributed by atoms with Crippen molar-refractivity contribution in [1.29, 1.82) is 15.8 Å². The highest BCUT2D eigenvalue weighted by molar-refractivity contribution is 6.13. The summed E-state index contributed by atoms with van der Waals surface area (Å²) in [6.07, 6.45) is 1.87. The van der Waals surface area contributed by atoms with E-state index in [1.807, 2.05) is 127 Å². The number of nitrogens with one attached hydrogen (secondary N) is 1. The summed E-state index contributed by atoms with van der Waals surface area (Å²) in [5, 5.41) is 35.8. The first-order valence-corrected chi connectivity index (χ1v) is 26.7. The van der Waals surface area contributed by atoms with E-state index in [9.17, 15) is 15.8 Å². The molecule has 0 bridgehead atoms. The van der Waals surface area contributed by atoms with Gasteiger partial charge < -0.3 is 19.7 Å². The Bertz CT molecular complexity index is 4320. The van der Waals surface area contributed by atoms with Crippen LogP contribution in [0.2, 0.25) is 0 Å². The summed E-state index contributed by atoms with van der Waals surface area (Å²) >= 11 is 0. The molecular formula is C73H48N8. The molecule has 0 saturated carbocycles. The standard InChI is InChI=1S/C73H48N8/c74-47-50-21-32-61(33-22-50)79(59-17-9-3-10-18-59)64-38-41-71-67(44-64)68-45-65(80(60-19-11-4-12-20-60)62-34-23-51(48-75)24-35-62)39-42-72(68)81(71)63-36-29-52(30-37-63)57-31-40-66(58(43-57)49-76)53-25-27-55(28-26-53)70-46-69(54-13-5-1-6-14-54)77-73(78-70)56-15-7-2-8-16-56/h1-46,73,78H. The van der Waals surface area contributed by atoms with Crippen LogP contribution >= 0.6 is 0 Å². The number of benzene rings is 11. The van der Waals surface area contributed by atoms with Crippen molar-refractivity contribution in [2.45, 2.75) is 6.17 Å². The fourth-order valence-corrected chi connectivity index (χ4v) is 10.9. The number of para-hydroxylation sites is 2. The second kappa shape index (κ2) is 21.5. The third kappa shape index (κ3) is 9.61. The van der Waals surface area contributed by atoms with Crippen LogP contribution in [0.15, 0.2) is 284 Å². The van der Waals surface area contributed by atoms with E-state index in [0.717, 1.165) is 112 Å². The van der Waals surface area contributed by atoms with Gasteiger partial charge in [0.1, 0.15) is 6.17 Å². The molecule has 1 aliphatic heterocycles. The van der Waals surface area contributed by atoms with Crippen LogP contribution in [0.25, 0.3) is 55.4 Å². The van der Waals surface area contributed by atoms with Crippen LogP contribution in [0.1, 0.15) is 39.5 Å². The van der Waals surface area contributed by atoms with Crippen LogP contribution in [0.3, 0.4) is 0 Å². The van der Waals surface area contributed by atoms with Crippen molar-refractivity contribution >= 4 is 67.3 Å². The lowest BCUT2D eigenvalue weighted by Gasteiger charge is -2.26. The molecule has 8 nitrogen and oxygen atoms in total. The van der Waals surface area contributed by atoms with Crippen molar-refractivity contribution in [3.8, 4) is 46.1 Å². The molecule has 1 unspecified atom stereocenters. The van der Waals surface area contributed by atoms with E-state index in [4.69, 9.17) is 4.99 Å². The van der Waals surface area contributed by atoms with Crippen LogP contribution in [-0.2, 0) is 0 Å². The molecule has 81 heavy (non-hydrogen) atoms. The molecular weight excluding hydrogens is 989 g/mol. The Morgan fingerprint density at radius 1 is 0.383 bits per heavy atom. The van der Waals surface area contributed by atoms with Gasteiger partial charge in [0, 0.05) is 56.3 Å². The highest BCUT2D eigenvalue weighted by atomic mass is 15.2. The Labute approximate surface area is 470 Å². The molecule has 0 spiro atoms. The van der Waals surface area contributed by atoms with Gasteiger partial charge in [0.2, 0.25) is 0 Å². The van der Waals surface area contributed by atoms with Gasteiger partial charge in [-0.2, -0.15) is 15.8 Å². The van der Waals surface area contributed by atoms with Crippen LogP contribution in [0.5, 0.6) is 0 Å². The largest absolute Gasteiger partial charge is 0.360 e. The Kier molecular flexibility index (Phi) is 13.0. The third-order valence-electron chi connectivity index (χ3n) is 14.9. The Morgan fingerprint density at radius 2 is 0.840 bits per heavy atom.